The number of aliphatic hydroxyl groups excluding tert-OH is 1. The average molecular weight is 503 g/mol. The second kappa shape index (κ2) is 9.79. The molecule has 0 radical (unpaired) electrons. The van der Waals surface area contributed by atoms with E-state index in [0.29, 0.717) is 31.6 Å². The predicted molar refractivity (Wildman–Crippen MR) is 133 cm³/mol. The van der Waals surface area contributed by atoms with E-state index in [0.717, 1.165) is 31.3 Å². The number of carboxylic acids is 1. The van der Waals surface area contributed by atoms with Gasteiger partial charge in [-0.15, -0.1) is 0 Å². The highest BCUT2D eigenvalue weighted by atomic mass is 16.4. The number of rotatable bonds is 4. The molecule has 7 nitrogen and oxygen atoms in total. The van der Waals surface area contributed by atoms with Crippen LogP contribution in [0.25, 0.3) is 0 Å². The van der Waals surface area contributed by atoms with E-state index in [4.69, 9.17) is 5.11 Å². The molecule has 0 aliphatic heterocycles. The molecule has 5 aliphatic carbocycles. The molecule has 5 aliphatic rings. The maximum atomic E-state index is 13.3. The van der Waals surface area contributed by atoms with Crippen molar-refractivity contribution < 1.29 is 34.5 Å². The molecule has 0 amide bonds. The van der Waals surface area contributed by atoms with Crippen LogP contribution in [0.15, 0.2) is 11.6 Å². The molecule has 5 rings (SSSR count). The fraction of sp³-hybridized carbons (Fsp3) is 0.793. The van der Waals surface area contributed by atoms with E-state index in [1.807, 2.05) is 13.8 Å². The van der Waals surface area contributed by atoms with Gasteiger partial charge in [0.25, 0.3) is 0 Å². The van der Waals surface area contributed by atoms with E-state index in [9.17, 15) is 29.4 Å². The first-order valence-corrected chi connectivity index (χ1v) is 13.7. The van der Waals surface area contributed by atoms with Crippen LogP contribution in [-0.4, -0.2) is 50.8 Å². The van der Waals surface area contributed by atoms with Gasteiger partial charge in [0.05, 0.1) is 5.92 Å². The zero-order chi connectivity index (χ0) is 26.5. The van der Waals surface area contributed by atoms with E-state index in [-0.39, 0.29) is 47.1 Å². The summed E-state index contributed by atoms with van der Waals surface area (Å²) in [4.78, 5) is 48.0. The third kappa shape index (κ3) is 4.20. The van der Waals surface area contributed by atoms with Gasteiger partial charge >= 0.3 is 5.97 Å². The Morgan fingerprint density at radius 3 is 2.33 bits per heavy atom. The summed E-state index contributed by atoms with van der Waals surface area (Å²) >= 11 is 0. The van der Waals surface area contributed by atoms with Gasteiger partial charge in [-0.3, -0.25) is 19.2 Å². The summed E-state index contributed by atoms with van der Waals surface area (Å²) < 4.78 is 0. The van der Waals surface area contributed by atoms with E-state index in [1.165, 1.54) is 12.8 Å². The lowest BCUT2D eigenvalue weighted by molar-refractivity contribution is -0.170. The van der Waals surface area contributed by atoms with Crippen LogP contribution < -0.4 is 0 Å². The summed E-state index contributed by atoms with van der Waals surface area (Å²) in [5.74, 6) is -0.472. The van der Waals surface area contributed by atoms with Crippen LogP contribution >= 0.6 is 0 Å². The number of carboxylic acid groups (broad SMARTS) is 1. The summed E-state index contributed by atoms with van der Waals surface area (Å²) in [5, 5.41) is 29.1. The van der Waals surface area contributed by atoms with Gasteiger partial charge in [-0.05, 0) is 74.2 Å². The smallest absolute Gasteiger partial charge is 0.306 e. The molecule has 36 heavy (non-hydrogen) atoms. The number of allylic oxidation sites excluding steroid dienone is 1. The molecule has 7 atom stereocenters. The quantitative estimate of drug-likeness (QED) is 0.532. The highest BCUT2D eigenvalue weighted by Gasteiger charge is 2.68. The molecule has 0 saturated heterocycles. The Kier molecular flexibility index (Phi) is 7.39. The van der Waals surface area contributed by atoms with Crippen LogP contribution in [0.2, 0.25) is 0 Å². The lowest BCUT2D eigenvalue weighted by Gasteiger charge is -2.57. The van der Waals surface area contributed by atoms with Crippen molar-refractivity contribution in [3.63, 3.8) is 0 Å². The Hall–Kier alpha value is -1.86. The number of fused-ring (bicyclic) bond motifs is 5. The van der Waals surface area contributed by atoms with Crippen LogP contribution in [0.4, 0.5) is 0 Å². The van der Waals surface area contributed by atoms with Gasteiger partial charge in [-0.2, -0.15) is 0 Å². The molecule has 1 unspecified atom stereocenters. The molecule has 3 N–H and O–H groups in total. The van der Waals surface area contributed by atoms with Crippen molar-refractivity contribution in [1.82, 2.24) is 0 Å². The summed E-state index contributed by atoms with van der Waals surface area (Å²) in [7, 11) is 0. The molecule has 0 aromatic rings. The van der Waals surface area contributed by atoms with Crippen LogP contribution in [-0.2, 0) is 19.2 Å². The van der Waals surface area contributed by atoms with Gasteiger partial charge in [0.1, 0.15) is 18.0 Å². The molecule has 200 valence electrons. The highest BCUT2D eigenvalue weighted by molar-refractivity contribution is 5.94. The molecule has 4 saturated carbocycles. The van der Waals surface area contributed by atoms with Gasteiger partial charge in [0.15, 0.2) is 11.6 Å². The fourth-order valence-corrected chi connectivity index (χ4v) is 8.64. The van der Waals surface area contributed by atoms with E-state index in [1.54, 1.807) is 6.08 Å². The number of ketones is 3. The highest BCUT2D eigenvalue weighted by Crippen LogP contribution is 2.66. The number of aliphatic carboxylic acids is 1. The SMILES string of the molecule is CC(C(=O)O)C1CCCC1.C[C@]12CCC(=O)C=C1CC[C@@H]1[C@@H]2C(=O)C[C@@]2(C)[C@H]1CC[C@]2(O)C(=O)CO. The number of hydrogen-bond acceptors (Lipinski definition) is 6. The Morgan fingerprint density at radius 2 is 1.72 bits per heavy atom. The molecular weight excluding hydrogens is 460 g/mol. The fourth-order valence-electron chi connectivity index (χ4n) is 8.64. The van der Waals surface area contributed by atoms with Gasteiger partial charge in [-0.1, -0.05) is 39.2 Å². The zero-order valence-corrected chi connectivity index (χ0v) is 21.9. The minimum atomic E-state index is -1.60. The lowest BCUT2D eigenvalue weighted by atomic mass is 9.46. The second-order valence-electron chi connectivity index (χ2n) is 12.6. The van der Waals surface area contributed by atoms with Crippen molar-refractivity contribution in [3.8, 4) is 0 Å². The monoisotopic (exact) mass is 502 g/mol. The lowest BCUT2D eigenvalue weighted by Crippen LogP contribution is -2.60. The number of carbonyl (C=O) groups is 4. The van der Waals surface area contributed by atoms with Crippen molar-refractivity contribution in [1.29, 1.82) is 0 Å². The number of carbonyl (C=O) groups excluding carboxylic acids is 3. The first kappa shape index (κ1) is 27.2. The normalized spacial score (nSPS) is 40.8. The van der Waals surface area contributed by atoms with Gasteiger partial charge < -0.3 is 15.3 Å². The van der Waals surface area contributed by atoms with Crippen LogP contribution in [0.1, 0.15) is 91.4 Å². The molecule has 0 spiro atoms. The van der Waals surface area contributed by atoms with Crippen molar-refractivity contribution in [2.75, 3.05) is 6.61 Å². The third-order valence-corrected chi connectivity index (χ3v) is 10.9. The van der Waals surface area contributed by atoms with Crippen LogP contribution in [0.5, 0.6) is 0 Å². The van der Waals surface area contributed by atoms with Gasteiger partial charge in [0.2, 0.25) is 0 Å². The maximum absolute atomic E-state index is 13.3. The number of aliphatic hydroxyl groups is 2. The summed E-state index contributed by atoms with van der Waals surface area (Å²) in [6.45, 7) is 5.12. The predicted octanol–water partition coefficient (Wildman–Crippen LogP) is 3.89. The summed E-state index contributed by atoms with van der Waals surface area (Å²) in [5.41, 5.74) is -1.55. The molecule has 4 fully saturated rings. The standard InChI is InChI=1S/C21H28O5.C8H14O2/c1-19-7-5-13(23)9-12(19)3-4-14-15-6-8-21(26,17(25)11-22)20(15,2)10-16(24)18(14)19;1-6(8(9)10)7-4-2-3-5-7/h9,14-15,18,22,26H,3-8,10-11H2,1-2H3;6-7H,2-5H2,1H3,(H,9,10)/t14-,15-,18+,19-,20-,21-;/m0./s1. The van der Waals surface area contributed by atoms with Gasteiger partial charge in [0, 0.05) is 24.2 Å². The number of hydrogen-bond donors (Lipinski definition) is 3. The molecule has 7 heteroatoms. The molecular formula is C29H42O7. The van der Waals surface area contributed by atoms with Crippen molar-refractivity contribution in [3.05, 3.63) is 11.6 Å². The average Bonchev–Trinajstić information content (AvgIpc) is 3.46. The second-order valence-corrected chi connectivity index (χ2v) is 12.6. The summed E-state index contributed by atoms with van der Waals surface area (Å²) in [6.07, 6.45) is 10.5. The van der Waals surface area contributed by atoms with Crippen molar-refractivity contribution >= 4 is 23.3 Å². The third-order valence-electron chi connectivity index (χ3n) is 10.9. The molecule has 0 aromatic heterocycles. The van der Waals surface area contributed by atoms with E-state index < -0.39 is 29.4 Å². The van der Waals surface area contributed by atoms with E-state index >= 15 is 0 Å². The Bertz CT molecular complexity index is 963. The van der Waals surface area contributed by atoms with Crippen molar-refractivity contribution in [2.24, 2.45) is 40.4 Å². The molecule has 0 heterocycles. The molecule has 0 bridgehead atoms. The number of Topliss-reactive ketones (excluding diaryl/α,β-unsaturated/α-hetero) is 2. The molecule has 0 aromatic carbocycles. The van der Waals surface area contributed by atoms with Crippen molar-refractivity contribution in [2.45, 2.75) is 97.0 Å². The largest absolute Gasteiger partial charge is 0.481 e. The maximum Gasteiger partial charge on any atom is 0.306 e. The summed E-state index contributed by atoms with van der Waals surface area (Å²) in [6, 6.07) is 0. The minimum absolute atomic E-state index is 0.0988. The topological polar surface area (TPSA) is 129 Å². The minimum Gasteiger partial charge on any atom is -0.481 e. The Morgan fingerprint density at radius 1 is 1.06 bits per heavy atom. The Balaban J connectivity index is 0.000000256. The van der Waals surface area contributed by atoms with Crippen LogP contribution in [0.3, 0.4) is 0 Å². The van der Waals surface area contributed by atoms with Crippen LogP contribution in [0, 0.1) is 40.4 Å². The van der Waals surface area contributed by atoms with E-state index in [2.05, 4.69) is 6.92 Å². The first-order valence-electron chi connectivity index (χ1n) is 13.7. The zero-order valence-electron chi connectivity index (χ0n) is 21.9. The Labute approximate surface area is 213 Å². The van der Waals surface area contributed by atoms with Gasteiger partial charge in [-0.25, -0.2) is 0 Å². The first-order chi connectivity index (χ1) is 16.9.